The van der Waals surface area contributed by atoms with E-state index < -0.39 is 11.4 Å². The van der Waals surface area contributed by atoms with Crippen molar-refractivity contribution in [1.29, 1.82) is 0 Å². The molecule has 0 amide bonds. The summed E-state index contributed by atoms with van der Waals surface area (Å²) in [5.74, 6) is 0.107. The molecule has 1 aromatic heterocycles. The lowest BCUT2D eigenvalue weighted by atomic mass is 10.1. The van der Waals surface area contributed by atoms with E-state index in [4.69, 9.17) is 13.9 Å². The molecule has 0 bridgehead atoms. The van der Waals surface area contributed by atoms with Crippen molar-refractivity contribution in [1.82, 2.24) is 0 Å². The number of rotatable bonds is 4. The van der Waals surface area contributed by atoms with Crippen LogP contribution in [0, 0.1) is 13.8 Å². The van der Waals surface area contributed by atoms with Crippen molar-refractivity contribution in [2.75, 3.05) is 7.11 Å². The van der Waals surface area contributed by atoms with Gasteiger partial charge in [-0.05, 0) is 67.4 Å². The minimum Gasteiger partial charge on any atom is -0.497 e. The van der Waals surface area contributed by atoms with Gasteiger partial charge in [0.1, 0.15) is 11.3 Å². The zero-order valence-corrected chi connectivity index (χ0v) is 16.9. The van der Waals surface area contributed by atoms with Crippen molar-refractivity contribution >= 4 is 16.9 Å². The molecule has 30 heavy (non-hydrogen) atoms. The van der Waals surface area contributed by atoms with E-state index in [2.05, 4.69) is 0 Å². The minimum absolute atomic E-state index is 0.133. The minimum atomic E-state index is -0.624. The van der Waals surface area contributed by atoms with Crippen LogP contribution in [0.1, 0.15) is 21.5 Å². The fourth-order valence-corrected chi connectivity index (χ4v) is 3.38. The van der Waals surface area contributed by atoms with E-state index in [0.29, 0.717) is 27.8 Å². The Hall–Kier alpha value is -3.86. The predicted octanol–water partition coefficient (Wildman–Crippen LogP) is 5.30. The third-order valence-corrected chi connectivity index (χ3v) is 4.84. The molecule has 4 aromatic rings. The summed E-state index contributed by atoms with van der Waals surface area (Å²) in [5, 5.41) is 0.376. The molecule has 0 aliphatic rings. The summed E-state index contributed by atoms with van der Waals surface area (Å²) in [7, 11) is 1.57. The molecule has 3 aromatic carbocycles. The number of hydrogen-bond acceptors (Lipinski definition) is 5. The maximum absolute atomic E-state index is 13.4. The smallest absolute Gasteiger partial charge is 0.343 e. The Kier molecular flexibility index (Phi) is 5.11. The molecule has 0 atom stereocenters. The first kappa shape index (κ1) is 19.5. The van der Waals surface area contributed by atoms with Crippen LogP contribution < -0.4 is 14.9 Å². The molecule has 0 aliphatic carbocycles. The van der Waals surface area contributed by atoms with Gasteiger partial charge < -0.3 is 13.9 Å². The van der Waals surface area contributed by atoms with Crippen LogP contribution in [-0.4, -0.2) is 13.1 Å². The first-order chi connectivity index (χ1) is 14.5. The van der Waals surface area contributed by atoms with Gasteiger partial charge in [0.05, 0.1) is 18.1 Å². The van der Waals surface area contributed by atoms with E-state index in [-0.39, 0.29) is 11.5 Å². The molecule has 0 fully saturated rings. The topological polar surface area (TPSA) is 65.7 Å². The molecule has 0 aliphatic heterocycles. The van der Waals surface area contributed by atoms with E-state index in [0.717, 1.165) is 11.1 Å². The lowest BCUT2D eigenvalue weighted by Crippen LogP contribution is -2.16. The van der Waals surface area contributed by atoms with Crippen molar-refractivity contribution in [3.63, 3.8) is 0 Å². The number of aryl methyl sites for hydroxylation is 2. The highest BCUT2D eigenvalue weighted by atomic mass is 16.5. The van der Waals surface area contributed by atoms with Gasteiger partial charge in [0, 0.05) is 5.56 Å². The fraction of sp³-hybridized carbons (Fsp3) is 0.120. The number of carbonyl (C=O) groups excluding carboxylic acids is 1. The quantitative estimate of drug-likeness (QED) is 0.435. The molecule has 5 heteroatoms. The second-order valence-electron chi connectivity index (χ2n) is 7.03. The fourth-order valence-electron chi connectivity index (χ4n) is 3.38. The summed E-state index contributed by atoms with van der Waals surface area (Å²) < 4.78 is 16.9. The highest BCUT2D eigenvalue weighted by Crippen LogP contribution is 2.33. The number of esters is 1. The van der Waals surface area contributed by atoms with Gasteiger partial charge in [0.2, 0.25) is 11.2 Å². The van der Waals surface area contributed by atoms with Crippen molar-refractivity contribution < 1.29 is 18.7 Å². The number of carbonyl (C=O) groups is 1. The molecule has 5 nitrogen and oxygen atoms in total. The lowest BCUT2D eigenvalue weighted by molar-refractivity contribution is 0.0731. The number of methoxy groups -OCH3 is 1. The maximum Gasteiger partial charge on any atom is 0.343 e. The second-order valence-corrected chi connectivity index (χ2v) is 7.03. The first-order valence-electron chi connectivity index (χ1n) is 9.47. The van der Waals surface area contributed by atoms with Gasteiger partial charge in [0.25, 0.3) is 0 Å². The molecule has 150 valence electrons. The molecular formula is C25H20O5. The van der Waals surface area contributed by atoms with Gasteiger partial charge in [-0.1, -0.05) is 24.3 Å². The maximum atomic E-state index is 13.4. The lowest BCUT2D eigenvalue weighted by Gasteiger charge is -2.12. The Balaban J connectivity index is 1.94. The van der Waals surface area contributed by atoms with Crippen molar-refractivity contribution in [3.8, 4) is 22.8 Å². The molecule has 4 rings (SSSR count). The summed E-state index contributed by atoms with van der Waals surface area (Å²) in [5.41, 5.74) is 2.78. The number of hydrogen-bond donors (Lipinski definition) is 0. The first-order valence-corrected chi connectivity index (χ1v) is 9.47. The Morgan fingerprint density at radius 1 is 0.933 bits per heavy atom. The van der Waals surface area contributed by atoms with E-state index in [1.54, 1.807) is 67.8 Å². The average molecular weight is 400 g/mol. The highest BCUT2D eigenvalue weighted by molar-refractivity contribution is 5.93. The Bertz CT molecular complexity index is 1290. The molecule has 0 radical (unpaired) electrons. The summed E-state index contributed by atoms with van der Waals surface area (Å²) >= 11 is 0. The van der Waals surface area contributed by atoms with Gasteiger partial charge in [0.15, 0.2) is 5.76 Å². The van der Waals surface area contributed by atoms with Crippen LogP contribution in [0.25, 0.3) is 22.3 Å². The second kappa shape index (κ2) is 7.87. The molecule has 0 N–H and O–H groups in total. The number of fused-ring (bicyclic) bond motifs is 1. The third-order valence-electron chi connectivity index (χ3n) is 4.84. The van der Waals surface area contributed by atoms with Crippen LogP contribution in [0.4, 0.5) is 0 Å². The molecular weight excluding hydrogens is 380 g/mol. The molecule has 0 saturated carbocycles. The average Bonchev–Trinajstić information content (AvgIpc) is 2.76. The van der Waals surface area contributed by atoms with Gasteiger partial charge in [-0.15, -0.1) is 0 Å². The van der Waals surface area contributed by atoms with Crippen molar-refractivity contribution in [2.24, 2.45) is 0 Å². The number of benzene rings is 3. The summed E-state index contributed by atoms with van der Waals surface area (Å²) in [6.45, 7) is 3.78. The van der Waals surface area contributed by atoms with Crippen LogP contribution in [-0.2, 0) is 0 Å². The van der Waals surface area contributed by atoms with E-state index in [9.17, 15) is 9.59 Å². The van der Waals surface area contributed by atoms with Crippen LogP contribution >= 0.6 is 0 Å². The third kappa shape index (κ3) is 3.57. The van der Waals surface area contributed by atoms with Gasteiger partial charge in [-0.3, -0.25) is 4.79 Å². The Labute approximate surface area is 173 Å². The van der Waals surface area contributed by atoms with E-state index >= 15 is 0 Å². The zero-order chi connectivity index (χ0) is 21.3. The summed E-state index contributed by atoms with van der Waals surface area (Å²) in [6.07, 6.45) is 0. The zero-order valence-electron chi connectivity index (χ0n) is 16.9. The van der Waals surface area contributed by atoms with Gasteiger partial charge in [-0.2, -0.15) is 0 Å². The van der Waals surface area contributed by atoms with Crippen molar-refractivity contribution in [2.45, 2.75) is 13.8 Å². The Morgan fingerprint density at radius 3 is 2.30 bits per heavy atom. The monoisotopic (exact) mass is 400 g/mol. The standard InChI is InChI=1S/C25H20O5/c1-15-13-16(2)22-20(14-15)21(26)24(30-25(27)18-7-5-4-6-8-18)23(29-22)17-9-11-19(28-3)12-10-17/h4-14H,1-3H3. The van der Waals surface area contributed by atoms with Crippen LogP contribution in [0.3, 0.4) is 0 Å². The number of ether oxygens (including phenoxy) is 2. The van der Waals surface area contributed by atoms with E-state index in [1.807, 2.05) is 19.9 Å². The molecule has 0 spiro atoms. The van der Waals surface area contributed by atoms with Crippen LogP contribution in [0.2, 0.25) is 0 Å². The van der Waals surface area contributed by atoms with Crippen LogP contribution in [0.5, 0.6) is 11.5 Å². The summed E-state index contributed by atoms with van der Waals surface area (Å²) in [4.78, 5) is 26.1. The van der Waals surface area contributed by atoms with E-state index in [1.165, 1.54) is 0 Å². The van der Waals surface area contributed by atoms with Gasteiger partial charge >= 0.3 is 5.97 Å². The molecule has 0 unspecified atom stereocenters. The van der Waals surface area contributed by atoms with Crippen molar-refractivity contribution in [3.05, 3.63) is 93.6 Å². The highest BCUT2D eigenvalue weighted by Gasteiger charge is 2.22. The Morgan fingerprint density at radius 2 is 1.63 bits per heavy atom. The largest absolute Gasteiger partial charge is 0.497 e. The predicted molar refractivity (Wildman–Crippen MR) is 115 cm³/mol. The normalized spacial score (nSPS) is 10.8. The molecule has 0 saturated heterocycles. The van der Waals surface area contributed by atoms with Gasteiger partial charge in [-0.25, -0.2) is 4.79 Å². The summed E-state index contributed by atoms with van der Waals surface area (Å²) in [6, 6.07) is 19.2. The SMILES string of the molecule is COc1ccc(-c2oc3c(C)cc(C)cc3c(=O)c2OC(=O)c2ccccc2)cc1. The van der Waals surface area contributed by atoms with Crippen LogP contribution in [0.15, 0.2) is 75.9 Å². The molecule has 1 heterocycles.